The number of aliphatic hydroxyl groups is 1. The molecule has 0 saturated heterocycles. The maximum Gasteiger partial charge on any atom is 0.0555 e. The standard InChI is InChI=1S/C14H25NO/c15-2-1-13(16)8-14-11-4-9-3-10(6-11)7-12(14)5-9/h9-14,16H,1-8,15H2. The first-order valence-corrected chi connectivity index (χ1v) is 7.14. The summed E-state index contributed by atoms with van der Waals surface area (Å²) in [6.45, 7) is 0.633. The van der Waals surface area contributed by atoms with Crippen molar-refractivity contribution in [3.05, 3.63) is 0 Å². The molecule has 0 aromatic heterocycles. The van der Waals surface area contributed by atoms with Crippen molar-refractivity contribution in [2.24, 2.45) is 35.3 Å². The molecule has 4 aliphatic carbocycles. The SMILES string of the molecule is NCCC(O)CC1C2CC3CC(C2)CC1C3. The Morgan fingerprint density at radius 2 is 1.56 bits per heavy atom. The molecule has 2 heteroatoms. The Bertz CT molecular complexity index is 225. The summed E-state index contributed by atoms with van der Waals surface area (Å²) in [4.78, 5) is 0. The van der Waals surface area contributed by atoms with E-state index in [4.69, 9.17) is 5.73 Å². The fraction of sp³-hybridized carbons (Fsp3) is 1.00. The van der Waals surface area contributed by atoms with Crippen LogP contribution in [0.3, 0.4) is 0 Å². The van der Waals surface area contributed by atoms with E-state index in [1.54, 1.807) is 0 Å². The molecular formula is C14H25NO. The van der Waals surface area contributed by atoms with E-state index in [9.17, 15) is 5.11 Å². The lowest BCUT2D eigenvalue weighted by atomic mass is 9.51. The summed E-state index contributed by atoms with van der Waals surface area (Å²) in [5.41, 5.74) is 5.52. The number of rotatable bonds is 4. The second-order valence-corrected chi connectivity index (χ2v) is 6.56. The zero-order valence-corrected chi connectivity index (χ0v) is 10.1. The van der Waals surface area contributed by atoms with E-state index < -0.39 is 0 Å². The van der Waals surface area contributed by atoms with Crippen molar-refractivity contribution in [3.8, 4) is 0 Å². The van der Waals surface area contributed by atoms with Crippen molar-refractivity contribution >= 4 is 0 Å². The Morgan fingerprint density at radius 3 is 2.06 bits per heavy atom. The van der Waals surface area contributed by atoms with Crippen molar-refractivity contribution < 1.29 is 5.11 Å². The highest BCUT2D eigenvalue weighted by Gasteiger charge is 2.48. The quantitative estimate of drug-likeness (QED) is 0.767. The highest BCUT2D eigenvalue weighted by molar-refractivity contribution is 4.98. The van der Waals surface area contributed by atoms with Crippen LogP contribution in [0.4, 0.5) is 0 Å². The Balaban J connectivity index is 1.63. The molecule has 0 aliphatic heterocycles. The summed E-state index contributed by atoms with van der Waals surface area (Å²) in [5, 5.41) is 9.95. The van der Waals surface area contributed by atoms with Crippen LogP contribution in [0, 0.1) is 29.6 Å². The number of hydrogen-bond acceptors (Lipinski definition) is 2. The Labute approximate surface area is 98.6 Å². The first-order chi connectivity index (χ1) is 7.76. The highest BCUT2D eigenvalue weighted by Crippen LogP contribution is 2.57. The number of hydrogen-bond donors (Lipinski definition) is 2. The lowest BCUT2D eigenvalue weighted by Crippen LogP contribution is -2.46. The third-order valence-corrected chi connectivity index (χ3v) is 5.47. The highest BCUT2D eigenvalue weighted by atomic mass is 16.3. The third-order valence-electron chi connectivity index (χ3n) is 5.47. The van der Waals surface area contributed by atoms with Crippen molar-refractivity contribution in [3.63, 3.8) is 0 Å². The van der Waals surface area contributed by atoms with E-state index in [2.05, 4.69) is 0 Å². The largest absolute Gasteiger partial charge is 0.393 e. The van der Waals surface area contributed by atoms with Crippen molar-refractivity contribution in [2.75, 3.05) is 6.54 Å². The molecule has 4 fully saturated rings. The minimum absolute atomic E-state index is 0.132. The molecule has 3 N–H and O–H groups in total. The van der Waals surface area contributed by atoms with Crippen LogP contribution in [0.5, 0.6) is 0 Å². The molecule has 4 rings (SSSR count). The van der Waals surface area contributed by atoms with Crippen LogP contribution in [-0.2, 0) is 0 Å². The van der Waals surface area contributed by atoms with Gasteiger partial charge in [-0.3, -0.25) is 0 Å². The second kappa shape index (κ2) is 4.30. The maximum absolute atomic E-state index is 9.95. The Morgan fingerprint density at radius 1 is 1.00 bits per heavy atom. The molecule has 0 aromatic carbocycles. The van der Waals surface area contributed by atoms with Gasteiger partial charge < -0.3 is 10.8 Å². The summed E-state index contributed by atoms with van der Waals surface area (Å²) in [6.07, 6.45) is 9.08. The fourth-order valence-corrected chi connectivity index (χ4v) is 5.05. The summed E-state index contributed by atoms with van der Waals surface area (Å²) in [5.74, 6) is 4.82. The molecule has 0 aromatic rings. The van der Waals surface area contributed by atoms with Gasteiger partial charge in [0.05, 0.1) is 6.10 Å². The van der Waals surface area contributed by atoms with Crippen molar-refractivity contribution in [2.45, 2.75) is 51.0 Å². The van der Waals surface area contributed by atoms with Gasteiger partial charge in [-0.05, 0) is 81.1 Å². The summed E-state index contributed by atoms with van der Waals surface area (Å²) < 4.78 is 0. The lowest BCUT2D eigenvalue weighted by molar-refractivity contribution is -0.0550. The van der Waals surface area contributed by atoms with Crippen LogP contribution < -0.4 is 5.73 Å². The third kappa shape index (κ3) is 1.91. The molecule has 4 saturated carbocycles. The first-order valence-electron chi connectivity index (χ1n) is 7.14. The molecule has 0 spiro atoms. The molecule has 4 bridgehead atoms. The van der Waals surface area contributed by atoms with Crippen LogP contribution in [0.25, 0.3) is 0 Å². The first kappa shape index (κ1) is 11.0. The second-order valence-electron chi connectivity index (χ2n) is 6.56. The molecule has 4 aliphatic rings. The summed E-state index contributed by atoms with van der Waals surface area (Å²) in [7, 11) is 0. The topological polar surface area (TPSA) is 46.2 Å². The van der Waals surface area contributed by atoms with Crippen LogP contribution in [0.2, 0.25) is 0 Å². The van der Waals surface area contributed by atoms with Gasteiger partial charge in [0, 0.05) is 0 Å². The lowest BCUT2D eigenvalue weighted by Gasteiger charge is -2.55. The van der Waals surface area contributed by atoms with Gasteiger partial charge >= 0.3 is 0 Å². The zero-order chi connectivity index (χ0) is 11.1. The van der Waals surface area contributed by atoms with E-state index in [0.29, 0.717) is 6.54 Å². The van der Waals surface area contributed by atoms with Crippen LogP contribution in [0.15, 0.2) is 0 Å². The number of nitrogens with two attached hydrogens (primary N) is 1. The predicted molar refractivity (Wildman–Crippen MR) is 64.8 cm³/mol. The minimum atomic E-state index is -0.132. The van der Waals surface area contributed by atoms with Crippen LogP contribution in [-0.4, -0.2) is 17.8 Å². The van der Waals surface area contributed by atoms with Gasteiger partial charge in [-0.25, -0.2) is 0 Å². The van der Waals surface area contributed by atoms with Gasteiger partial charge in [0.1, 0.15) is 0 Å². The fourth-order valence-electron chi connectivity index (χ4n) is 5.05. The Kier molecular flexibility index (Phi) is 2.97. The van der Waals surface area contributed by atoms with Gasteiger partial charge in [0.2, 0.25) is 0 Å². The van der Waals surface area contributed by atoms with Gasteiger partial charge in [0.25, 0.3) is 0 Å². The van der Waals surface area contributed by atoms with Crippen LogP contribution >= 0.6 is 0 Å². The molecule has 92 valence electrons. The molecule has 1 unspecified atom stereocenters. The van der Waals surface area contributed by atoms with Crippen molar-refractivity contribution in [1.29, 1.82) is 0 Å². The van der Waals surface area contributed by atoms with Crippen molar-refractivity contribution in [1.82, 2.24) is 0 Å². The van der Waals surface area contributed by atoms with E-state index in [1.807, 2.05) is 0 Å². The molecule has 2 nitrogen and oxygen atoms in total. The molecule has 16 heavy (non-hydrogen) atoms. The molecule has 0 radical (unpaired) electrons. The Hall–Kier alpha value is -0.0800. The van der Waals surface area contributed by atoms with E-state index >= 15 is 0 Å². The normalized spacial score (nSPS) is 47.2. The summed E-state index contributed by atoms with van der Waals surface area (Å²) in [6, 6.07) is 0. The maximum atomic E-state index is 9.95. The predicted octanol–water partition coefficient (Wildman–Crippen LogP) is 2.16. The average molecular weight is 223 g/mol. The van der Waals surface area contributed by atoms with Gasteiger partial charge in [-0.2, -0.15) is 0 Å². The average Bonchev–Trinajstić information content (AvgIpc) is 2.23. The summed E-state index contributed by atoms with van der Waals surface area (Å²) >= 11 is 0. The smallest absolute Gasteiger partial charge is 0.0555 e. The van der Waals surface area contributed by atoms with E-state index in [0.717, 1.165) is 42.4 Å². The number of aliphatic hydroxyl groups excluding tert-OH is 1. The molecular weight excluding hydrogens is 198 g/mol. The zero-order valence-electron chi connectivity index (χ0n) is 10.1. The monoisotopic (exact) mass is 223 g/mol. The van der Waals surface area contributed by atoms with Gasteiger partial charge in [-0.15, -0.1) is 0 Å². The molecule has 1 atom stereocenters. The minimum Gasteiger partial charge on any atom is -0.393 e. The molecule has 0 heterocycles. The van der Waals surface area contributed by atoms with Gasteiger partial charge in [-0.1, -0.05) is 0 Å². The van der Waals surface area contributed by atoms with E-state index in [1.165, 1.54) is 32.1 Å². The van der Waals surface area contributed by atoms with E-state index in [-0.39, 0.29) is 6.10 Å². The van der Waals surface area contributed by atoms with Gasteiger partial charge in [0.15, 0.2) is 0 Å². The van der Waals surface area contributed by atoms with Crippen LogP contribution in [0.1, 0.15) is 44.9 Å². The molecule has 0 amide bonds.